The third-order valence-electron chi connectivity index (χ3n) is 1.40. The van der Waals surface area contributed by atoms with Crippen LogP contribution in [0.5, 0.6) is 0 Å². The Labute approximate surface area is 94.3 Å². The molecular weight excluding hydrogens is 298 g/mol. The summed E-state index contributed by atoms with van der Waals surface area (Å²) in [4.78, 5) is 4.04. The van der Waals surface area contributed by atoms with E-state index in [0.29, 0.717) is 13.2 Å². The molecule has 1 aromatic heterocycles. The van der Waals surface area contributed by atoms with Crippen LogP contribution in [0.25, 0.3) is 0 Å². The highest BCUT2D eigenvalue weighted by molar-refractivity contribution is 9.13. The predicted molar refractivity (Wildman–Crippen MR) is 59.5 cm³/mol. The van der Waals surface area contributed by atoms with Crippen molar-refractivity contribution in [2.24, 2.45) is 0 Å². The van der Waals surface area contributed by atoms with Gasteiger partial charge in [0, 0.05) is 22.4 Å². The summed E-state index contributed by atoms with van der Waals surface area (Å²) in [6.07, 6.45) is 5.23. The maximum absolute atomic E-state index is 5.30. The number of hydrogen-bond donors (Lipinski definition) is 0. The van der Waals surface area contributed by atoms with Crippen LogP contribution in [0.3, 0.4) is 0 Å². The minimum Gasteiger partial charge on any atom is -0.373 e. The van der Waals surface area contributed by atoms with Crippen molar-refractivity contribution in [2.75, 3.05) is 6.61 Å². The molecule has 0 radical (unpaired) electrons. The quantitative estimate of drug-likeness (QED) is 0.629. The summed E-state index contributed by atoms with van der Waals surface area (Å²) >= 11 is 6.81. The molecule has 1 aromatic rings. The number of ether oxygens (including phenoxy) is 1. The molecule has 0 fully saturated rings. The van der Waals surface area contributed by atoms with Gasteiger partial charge < -0.3 is 4.74 Å². The zero-order valence-electron chi connectivity index (χ0n) is 6.96. The van der Waals surface area contributed by atoms with Gasteiger partial charge in [-0.3, -0.25) is 4.98 Å². The average Bonchev–Trinajstić information content (AvgIpc) is 2.13. The zero-order valence-corrected chi connectivity index (χ0v) is 10.1. The molecular formula is C9H9Br2NO. The molecule has 0 bridgehead atoms. The van der Waals surface area contributed by atoms with Gasteiger partial charge in [0.15, 0.2) is 0 Å². The molecule has 0 aromatic carbocycles. The van der Waals surface area contributed by atoms with E-state index in [1.807, 2.05) is 0 Å². The van der Waals surface area contributed by atoms with E-state index in [4.69, 9.17) is 4.74 Å². The van der Waals surface area contributed by atoms with Gasteiger partial charge in [-0.25, -0.2) is 0 Å². The average molecular weight is 307 g/mol. The summed E-state index contributed by atoms with van der Waals surface area (Å²) in [7, 11) is 0. The van der Waals surface area contributed by atoms with Crippen LogP contribution in [-0.2, 0) is 11.3 Å². The van der Waals surface area contributed by atoms with Gasteiger partial charge in [-0.05, 0) is 31.9 Å². The van der Waals surface area contributed by atoms with Crippen molar-refractivity contribution in [3.05, 3.63) is 39.6 Å². The van der Waals surface area contributed by atoms with Crippen molar-refractivity contribution < 1.29 is 4.74 Å². The minimum atomic E-state index is 0.541. The van der Waals surface area contributed by atoms with Crippen LogP contribution in [0.4, 0.5) is 0 Å². The molecule has 13 heavy (non-hydrogen) atoms. The molecule has 0 saturated carbocycles. The second-order valence-electron chi connectivity index (χ2n) is 2.40. The molecule has 1 heterocycles. The Balaban J connectivity index is 2.65. The topological polar surface area (TPSA) is 22.1 Å². The molecule has 0 aliphatic heterocycles. The fraction of sp³-hybridized carbons (Fsp3) is 0.222. The molecule has 70 valence electrons. The lowest BCUT2D eigenvalue weighted by molar-refractivity contribution is 0.148. The zero-order chi connectivity index (χ0) is 9.68. The van der Waals surface area contributed by atoms with Gasteiger partial charge in [-0.15, -0.1) is 6.58 Å². The summed E-state index contributed by atoms with van der Waals surface area (Å²) in [6, 6.07) is 0. The highest BCUT2D eigenvalue weighted by atomic mass is 79.9. The van der Waals surface area contributed by atoms with Gasteiger partial charge >= 0.3 is 0 Å². The molecule has 0 amide bonds. The third kappa shape index (κ3) is 3.21. The first-order valence-electron chi connectivity index (χ1n) is 3.72. The van der Waals surface area contributed by atoms with Crippen molar-refractivity contribution in [1.29, 1.82) is 0 Å². The van der Waals surface area contributed by atoms with Gasteiger partial charge in [0.05, 0.1) is 17.7 Å². The predicted octanol–water partition coefficient (Wildman–Crippen LogP) is 3.31. The van der Waals surface area contributed by atoms with E-state index < -0.39 is 0 Å². The summed E-state index contributed by atoms with van der Waals surface area (Å²) < 4.78 is 7.23. The molecule has 1 rings (SSSR count). The van der Waals surface area contributed by atoms with E-state index in [1.54, 1.807) is 18.5 Å². The number of aromatic nitrogens is 1. The molecule has 0 atom stereocenters. The van der Waals surface area contributed by atoms with Crippen molar-refractivity contribution in [2.45, 2.75) is 6.61 Å². The fourth-order valence-corrected chi connectivity index (χ4v) is 1.50. The van der Waals surface area contributed by atoms with Crippen LogP contribution in [0.15, 0.2) is 34.0 Å². The lowest BCUT2D eigenvalue weighted by Crippen LogP contribution is -1.94. The summed E-state index contributed by atoms with van der Waals surface area (Å²) in [6.45, 7) is 4.67. The maximum atomic E-state index is 5.30. The number of hydrogen-bond acceptors (Lipinski definition) is 2. The monoisotopic (exact) mass is 305 g/mol. The molecule has 0 unspecified atom stereocenters. The van der Waals surface area contributed by atoms with E-state index in [2.05, 4.69) is 43.4 Å². The summed E-state index contributed by atoms with van der Waals surface area (Å²) in [5.41, 5.74) is 1.02. The largest absolute Gasteiger partial charge is 0.373 e. The normalized spacial score (nSPS) is 10.0. The van der Waals surface area contributed by atoms with E-state index >= 15 is 0 Å². The lowest BCUT2D eigenvalue weighted by Gasteiger charge is -2.04. The molecule has 0 saturated heterocycles. The second kappa shape index (κ2) is 5.52. The van der Waals surface area contributed by atoms with Crippen molar-refractivity contribution in [1.82, 2.24) is 4.98 Å². The Morgan fingerprint density at radius 2 is 2.23 bits per heavy atom. The van der Waals surface area contributed by atoms with Gasteiger partial charge in [-0.1, -0.05) is 6.08 Å². The molecule has 0 spiro atoms. The number of halogens is 2. The molecule has 0 aliphatic carbocycles. The van der Waals surface area contributed by atoms with Gasteiger partial charge in [0.2, 0.25) is 0 Å². The van der Waals surface area contributed by atoms with Crippen LogP contribution in [-0.4, -0.2) is 11.6 Å². The molecule has 0 N–H and O–H groups in total. The summed E-state index contributed by atoms with van der Waals surface area (Å²) in [5.74, 6) is 0. The first-order chi connectivity index (χ1) is 6.25. The molecule has 4 heteroatoms. The van der Waals surface area contributed by atoms with Crippen LogP contribution in [0.2, 0.25) is 0 Å². The third-order valence-corrected chi connectivity index (χ3v) is 3.47. The Morgan fingerprint density at radius 3 is 2.92 bits per heavy atom. The highest BCUT2D eigenvalue weighted by Crippen LogP contribution is 2.25. The van der Waals surface area contributed by atoms with Crippen molar-refractivity contribution >= 4 is 31.9 Å². The SMILES string of the molecule is C=CCOCc1cncc(Br)c1Br. The Hall–Kier alpha value is -0.190. The van der Waals surface area contributed by atoms with Gasteiger partial charge in [-0.2, -0.15) is 0 Å². The lowest BCUT2D eigenvalue weighted by atomic mass is 10.3. The smallest absolute Gasteiger partial charge is 0.0747 e. The number of nitrogens with zero attached hydrogens (tertiary/aromatic N) is 1. The number of pyridine rings is 1. The van der Waals surface area contributed by atoms with E-state index in [-0.39, 0.29) is 0 Å². The Kier molecular flexibility index (Phi) is 4.62. The minimum absolute atomic E-state index is 0.541. The highest BCUT2D eigenvalue weighted by Gasteiger charge is 2.03. The first-order valence-corrected chi connectivity index (χ1v) is 5.31. The van der Waals surface area contributed by atoms with Crippen molar-refractivity contribution in [3.63, 3.8) is 0 Å². The van der Waals surface area contributed by atoms with Crippen molar-refractivity contribution in [3.8, 4) is 0 Å². The summed E-state index contributed by atoms with van der Waals surface area (Å²) in [5, 5.41) is 0. The van der Waals surface area contributed by atoms with E-state index in [1.165, 1.54) is 0 Å². The fourth-order valence-electron chi connectivity index (χ4n) is 0.812. The van der Waals surface area contributed by atoms with Crippen LogP contribution in [0, 0.1) is 0 Å². The van der Waals surface area contributed by atoms with Crippen LogP contribution < -0.4 is 0 Å². The maximum Gasteiger partial charge on any atom is 0.0747 e. The van der Waals surface area contributed by atoms with E-state index in [0.717, 1.165) is 14.5 Å². The van der Waals surface area contributed by atoms with Gasteiger partial charge in [0.25, 0.3) is 0 Å². The number of rotatable bonds is 4. The Morgan fingerprint density at radius 1 is 1.46 bits per heavy atom. The standard InChI is InChI=1S/C9H9Br2NO/c1-2-3-13-6-7-4-12-5-8(10)9(7)11/h2,4-5H,1,3,6H2. The van der Waals surface area contributed by atoms with Crippen LogP contribution >= 0.6 is 31.9 Å². The molecule has 0 aliphatic rings. The van der Waals surface area contributed by atoms with E-state index in [9.17, 15) is 0 Å². The second-order valence-corrected chi connectivity index (χ2v) is 4.05. The first kappa shape index (κ1) is 10.9. The van der Waals surface area contributed by atoms with Gasteiger partial charge in [0.1, 0.15) is 0 Å². The molecule has 2 nitrogen and oxygen atoms in total. The van der Waals surface area contributed by atoms with Crippen LogP contribution in [0.1, 0.15) is 5.56 Å². The Bertz CT molecular complexity index is 302.